The zero-order valence-electron chi connectivity index (χ0n) is 73.2. The van der Waals surface area contributed by atoms with Gasteiger partial charge in [0.25, 0.3) is 0 Å². The van der Waals surface area contributed by atoms with Crippen molar-refractivity contribution < 1.29 is 0 Å². The van der Waals surface area contributed by atoms with Crippen LogP contribution >= 0.6 is 0 Å². The fourth-order valence-corrected chi connectivity index (χ4v) is 24.1. The lowest BCUT2D eigenvalue weighted by Crippen LogP contribution is -2.28. The largest absolute Gasteiger partial charge is 0.310 e. The van der Waals surface area contributed by atoms with E-state index in [1.54, 1.807) is 0 Å². The molecule has 0 unspecified atom stereocenters. The van der Waals surface area contributed by atoms with E-state index < -0.39 is 5.41 Å². The molecule has 0 atom stereocenters. The monoisotopic (exact) mass is 1610 g/mol. The van der Waals surface area contributed by atoms with Crippen LogP contribution < -0.4 is 9.80 Å². The third-order valence-corrected chi connectivity index (χ3v) is 29.5. The van der Waals surface area contributed by atoms with E-state index in [2.05, 4.69) is 492 Å². The van der Waals surface area contributed by atoms with E-state index in [4.69, 9.17) is 0 Å². The number of rotatable bonds is 12. The molecule has 604 valence electrons. The van der Waals surface area contributed by atoms with Crippen LogP contribution in [0.2, 0.25) is 0 Å². The van der Waals surface area contributed by atoms with Crippen molar-refractivity contribution in [2.24, 2.45) is 0 Å². The molecule has 18 aromatic carbocycles. The van der Waals surface area contributed by atoms with E-state index >= 15 is 0 Å². The molecule has 2 heteroatoms. The van der Waals surface area contributed by atoms with Gasteiger partial charge in [-0.15, -0.1) is 0 Å². The Morgan fingerprint density at radius 1 is 0.159 bits per heavy atom. The Labute approximate surface area is 742 Å². The van der Waals surface area contributed by atoms with Gasteiger partial charge in [0.2, 0.25) is 0 Å². The summed E-state index contributed by atoms with van der Waals surface area (Å²) in [5, 5.41) is 0. The molecule has 6 aliphatic carbocycles. The molecule has 0 bridgehead atoms. The molecular weight excluding hydrogens is 1520 g/mol. The Hall–Kier alpha value is -14.4. The Kier molecular flexibility index (Phi) is 17.3. The highest BCUT2D eigenvalue weighted by atomic mass is 15.2. The fourth-order valence-electron chi connectivity index (χ4n) is 24.1. The van der Waals surface area contributed by atoms with E-state index in [1.807, 2.05) is 0 Å². The Balaban J connectivity index is 0.000000147. The summed E-state index contributed by atoms with van der Waals surface area (Å²) in [7, 11) is 0. The summed E-state index contributed by atoms with van der Waals surface area (Å²) in [6.07, 6.45) is 0. The first-order chi connectivity index (χ1) is 61.3. The maximum absolute atomic E-state index is 2.54. The van der Waals surface area contributed by atoms with Gasteiger partial charge in [-0.05, 0) is 244 Å². The Bertz CT molecular complexity index is 7170. The van der Waals surface area contributed by atoms with Crippen molar-refractivity contribution in [1.82, 2.24) is 0 Å². The van der Waals surface area contributed by atoms with Crippen LogP contribution in [0.5, 0.6) is 0 Å². The molecule has 24 rings (SSSR count). The lowest BCUT2D eigenvalue weighted by molar-refractivity contribution is 0.660. The van der Waals surface area contributed by atoms with E-state index in [0.717, 1.165) is 28.4 Å². The van der Waals surface area contributed by atoms with Crippen molar-refractivity contribution in [3.8, 4) is 111 Å². The second-order valence-corrected chi connectivity index (χ2v) is 38.1. The predicted molar refractivity (Wildman–Crippen MR) is 529 cm³/mol. The van der Waals surface area contributed by atoms with E-state index in [-0.39, 0.29) is 27.1 Å². The van der Waals surface area contributed by atoms with Gasteiger partial charge >= 0.3 is 0 Å². The normalized spacial score (nSPS) is 15.1. The van der Waals surface area contributed by atoms with Gasteiger partial charge in [-0.2, -0.15) is 0 Å². The van der Waals surface area contributed by atoms with Crippen LogP contribution in [0.1, 0.15) is 147 Å². The molecule has 6 aliphatic rings. The van der Waals surface area contributed by atoms with Gasteiger partial charge in [-0.3, -0.25) is 0 Å². The second kappa shape index (κ2) is 28.6. The summed E-state index contributed by atoms with van der Waals surface area (Å²) < 4.78 is 0. The third-order valence-electron chi connectivity index (χ3n) is 29.5. The molecule has 0 spiro atoms. The average Bonchev–Trinajstić information content (AvgIpc) is 1.53. The fraction of sp³-hybridized carbons (Fsp3) is 0.129. The van der Waals surface area contributed by atoms with Crippen molar-refractivity contribution >= 4 is 34.1 Å². The predicted octanol–water partition coefficient (Wildman–Crippen LogP) is 32.9. The van der Waals surface area contributed by atoms with Crippen LogP contribution in [0.15, 0.2) is 413 Å². The molecular formula is C124H98N2. The standard InChI is InChI=1S/C67H51N.C57H47N/c1-65(2)57-37-14-11-30-52(57)54-35-19-33-50(63(54)65)44-22-17-28-48(42-44)68(49-29-18-23-45(43-49)51-34-20-36-55-53-31-12-15-38-58(53)66(3,4)64(51)55)61-41-21-40-60-62(61)56-32-13-16-39-59(56)67(60,46-24-7-5-8-25-46)47-26-9-6-10-27-47;1-55(2)48-30-10-7-22-42(48)45-27-15-25-40(52(45)55)36-18-13-20-38(34-36)58(51-33-17-29-47-44-24-9-12-32-50(44)57(5,6)54(47)51)39-21-14-19-37(35-39)41-26-16-28-46-43-23-8-11-31-49(43)56(3,4)53(41)46/h5-43H,1-4H3;7-35H,1-6H3. The summed E-state index contributed by atoms with van der Waals surface area (Å²) in [6, 6.07) is 155. The lowest BCUT2D eigenvalue weighted by atomic mass is 9.68. The summed E-state index contributed by atoms with van der Waals surface area (Å²) in [6.45, 7) is 23.9. The first-order valence-electron chi connectivity index (χ1n) is 44.9. The van der Waals surface area contributed by atoms with Gasteiger partial charge in [0.1, 0.15) is 0 Å². The molecule has 0 radical (unpaired) electrons. The van der Waals surface area contributed by atoms with E-state index in [0.29, 0.717) is 0 Å². The molecule has 0 aliphatic heterocycles. The van der Waals surface area contributed by atoms with Crippen LogP contribution in [0.4, 0.5) is 34.1 Å². The Morgan fingerprint density at radius 2 is 0.381 bits per heavy atom. The number of fused-ring (bicyclic) bond motifs is 18. The molecule has 0 fully saturated rings. The number of anilines is 6. The SMILES string of the molecule is CC1(C)c2ccccc2-c2cccc(-c3cccc(N(c4cccc(-c5cccc6c5C(C)(C)c5ccccc5-6)c4)c4cccc5c4-c4ccccc4C5(c4ccccc4)c4ccccc4)c3)c21.CC1(C)c2ccccc2-c2cccc(-c3cccc(N(c4cccc(-c5cccc6c5C(C)(C)c5ccccc5-6)c4)c4cccc5c4C(C)(C)c4ccccc4-5)c3)c21. The molecule has 0 N–H and O–H groups in total. The van der Waals surface area contributed by atoms with Crippen LogP contribution in [-0.2, 0) is 32.5 Å². The van der Waals surface area contributed by atoms with Gasteiger partial charge in [0.05, 0.1) is 16.8 Å². The second-order valence-electron chi connectivity index (χ2n) is 38.1. The minimum atomic E-state index is -0.532. The minimum Gasteiger partial charge on any atom is -0.310 e. The van der Waals surface area contributed by atoms with E-state index in [9.17, 15) is 0 Å². The van der Waals surface area contributed by atoms with Gasteiger partial charge in [-0.25, -0.2) is 0 Å². The molecule has 0 amide bonds. The molecule has 126 heavy (non-hydrogen) atoms. The molecule has 0 saturated carbocycles. The summed E-state index contributed by atoms with van der Waals surface area (Å²) >= 11 is 0. The third kappa shape index (κ3) is 11.2. The zero-order valence-corrected chi connectivity index (χ0v) is 73.2. The molecule has 0 aromatic heterocycles. The van der Waals surface area contributed by atoms with Crippen LogP contribution in [0.3, 0.4) is 0 Å². The number of hydrogen-bond acceptors (Lipinski definition) is 2. The van der Waals surface area contributed by atoms with E-state index in [1.165, 1.54) is 195 Å². The maximum Gasteiger partial charge on any atom is 0.0714 e. The van der Waals surface area contributed by atoms with Crippen molar-refractivity contribution in [3.05, 3.63) is 490 Å². The van der Waals surface area contributed by atoms with Gasteiger partial charge in [0.15, 0.2) is 0 Å². The molecule has 18 aromatic rings. The molecule has 0 saturated heterocycles. The van der Waals surface area contributed by atoms with Crippen LogP contribution in [0, 0.1) is 0 Å². The van der Waals surface area contributed by atoms with Crippen molar-refractivity contribution in [3.63, 3.8) is 0 Å². The van der Waals surface area contributed by atoms with Crippen LogP contribution in [-0.4, -0.2) is 0 Å². The zero-order chi connectivity index (χ0) is 85.3. The minimum absolute atomic E-state index is 0.119. The topological polar surface area (TPSA) is 6.48 Å². The highest BCUT2D eigenvalue weighted by molar-refractivity contribution is 6.01. The highest BCUT2D eigenvalue weighted by Gasteiger charge is 2.49. The van der Waals surface area contributed by atoms with Gasteiger partial charge < -0.3 is 9.80 Å². The smallest absolute Gasteiger partial charge is 0.0714 e. The maximum atomic E-state index is 2.54. The summed E-state index contributed by atoms with van der Waals surface area (Å²) in [4.78, 5) is 5.08. The summed E-state index contributed by atoms with van der Waals surface area (Å²) in [5.74, 6) is 0. The van der Waals surface area contributed by atoms with Gasteiger partial charge in [-0.1, -0.05) is 421 Å². The lowest BCUT2D eigenvalue weighted by Gasteiger charge is -2.34. The van der Waals surface area contributed by atoms with Crippen LogP contribution in [0.25, 0.3) is 111 Å². The molecule has 0 heterocycles. The van der Waals surface area contributed by atoms with Crippen molar-refractivity contribution in [2.45, 2.75) is 102 Å². The highest BCUT2D eigenvalue weighted by Crippen LogP contribution is 2.63. The summed E-state index contributed by atoms with van der Waals surface area (Å²) in [5.41, 5.74) is 50.4. The quantitative estimate of drug-likeness (QED) is 0.120. The van der Waals surface area contributed by atoms with Crippen molar-refractivity contribution in [1.29, 1.82) is 0 Å². The Morgan fingerprint density at radius 3 is 0.714 bits per heavy atom. The number of benzene rings is 18. The first-order valence-corrected chi connectivity index (χ1v) is 44.9. The van der Waals surface area contributed by atoms with Gasteiger partial charge in [0, 0.05) is 55.4 Å². The first kappa shape index (κ1) is 76.4. The average molecular weight is 1620 g/mol. The molecule has 2 nitrogen and oxygen atoms in total. The number of nitrogens with zero attached hydrogens (tertiary/aromatic N) is 2. The van der Waals surface area contributed by atoms with Crippen molar-refractivity contribution in [2.75, 3.05) is 9.80 Å². The number of hydrogen-bond donors (Lipinski definition) is 0.